The zero-order chi connectivity index (χ0) is 19.1. The van der Waals surface area contributed by atoms with E-state index in [0.717, 1.165) is 48.1 Å². The Morgan fingerprint density at radius 3 is 2.79 bits per heavy atom. The molecule has 142 valence electrons. The molecule has 0 saturated heterocycles. The number of amides is 1. The lowest BCUT2D eigenvalue weighted by molar-refractivity contribution is -0.137. The van der Waals surface area contributed by atoms with Crippen LogP contribution in [0.25, 0.3) is 28.1 Å². The number of benzene rings is 1. The standard InChI is InChI=1S/C21H22N6O/c22-19-18(20-25-15-6-1-2-7-16(15)26-20)24-17(12-23-19)13-8-10-27(11-9-13)21(28)14-4-3-5-14/h1-2,6-8,12,14H,3-5,9-11H2,(H2,22,23)(H,25,26). The molecule has 28 heavy (non-hydrogen) atoms. The highest BCUT2D eigenvalue weighted by atomic mass is 16.2. The molecule has 5 rings (SSSR count). The second-order valence-electron chi connectivity index (χ2n) is 7.48. The van der Waals surface area contributed by atoms with Crippen LogP contribution in [0.4, 0.5) is 5.82 Å². The van der Waals surface area contributed by atoms with E-state index in [-0.39, 0.29) is 5.92 Å². The van der Waals surface area contributed by atoms with Gasteiger partial charge in [0.25, 0.3) is 0 Å². The van der Waals surface area contributed by atoms with Crippen LogP contribution in [0.15, 0.2) is 36.5 Å². The molecular weight excluding hydrogens is 352 g/mol. The van der Waals surface area contributed by atoms with Crippen molar-refractivity contribution in [2.75, 3.05) is 18.8 Å². The summed E-state index contributed by atoms with van der Waals surface area (Å²) in [6.07, 6.45) is 7.82. The van der Waals surface area contributed by atoms with E-state index in [4.69, 9.17) is 10.7 Å². The molecule has 1 aliphatic heterocycles. The molecule has 0 atom stereocenters. The number of nitrogens with one attached hydrogen (secondary N) is 1. The van der Waals surface area contributed by atoms with Gasteiger partial charge in [0.15, 0.2) is 11.6 Å². The first-order valence-corrected chi connectivity index (χ1v) is 9.75. The maximum Gasteiger partial charge on any atom is 0.225 e. The maximum absolute atomic E-state index is 12.4. The second kappa shape index (κ2) is 6.74. The zero-order valence-corrected chi connectivity index (χ0v) is 15.6. The minimum atomic E-state index is 0.242. The van der Waals surface area contributed by atoms with E-state index in [1.807, 2.05) is 29.2 Å². The van der Waals surface area contributed by atoms with Gasteiger partial charge in [0, 0.05) is 19.0 Å². The summed E-state index contributed by atoms with van der Waals surface area (Å²) < 4.78 is 0. The van der Waals surface area contributed by atoms with Gasteiger partial charge < -0.3 is 15.6 Å². The fourth-order valence-electron chi connectivity index (χ4n) is 3.81. The number of hydrogen-bond donors (Lipinski definition) is 2. The number of aromatic amines is 1. The summed E-state index contributed by atoms with van der Waals surface area (Å²) in [6.45, 7) is 1.36. The van der Waals surface area contributed by atoms with Crippen molar-refractivity contribution in [3.63, 3.8) is 0 Å². The average molecular weight is 374 g/mol. The van der Waals surface area contributed by atoms with Gasteiger partial charge in [0.2, 0.25) is 5.91 Å². The summed E-state index contributed by atoms with van der Waals surface area (Å²) in [5, 5.41) is 0. The number of imidazole rings is 1. The van der Waals surface area contributed by atoms with Crippen molar-refractivity contribution >= 4 is 28.3 Å². The Kier molecular flexibility index (Phi) is 4.07. The van der Waals surface area contributed by atoms with Gasteiger partial charge in [-0.1, -0.05) is 24.6 Å². The molecule has 7 heteroatoms. The monoisotopic (exact) mass is 374 g/mol. The number of H-pyrrole nitrogens is 1. The Morgan fingerprint density at radius 2 is 2.07 bits per heavy atom. The molecule has 2 aliphatic rings. The molecular formula is C21H22N6O. The van der Waals surface area contributed by atoms with Crippen LogP contribution in [-0.2, 0) is 4.79 Å². The number of anilines is 1. The topological polar surface area (TPSA) is 101 Å². The highest BCUT2D eigenvalue weighted by Gasteiger charge is 2.30. The summed E-state index contributed by atoms with van der Waals surface area (Å²) in [7, 11) is 0. The highest BCUT2D eigenvalue weighted by Crippen LogP contribution is 2.31. The van der Waals surface area contributed by atoms with Crippen molar-refractivity contribution in [1.29, 1.82) is 0 Å². The number of nitrogens with two attached hydrogens (primary N) is 1. The molecule has 0 spiro atoms. The SMILES string of the molecule is Nc1ncc(C2=CCN(C(=O)C3CCC3)CC2)nc1-c1nc2ccccc2[nH]1. The number of fused-ring (bicyclic) bond motifs is 1. The molecule has 0 unspecified atom stereocenters. The third-order valence-electron chi connectivity index (χ3n) is 5.72. The van der Waals surface area contributed by atoms with Gasteiger partial charge in [0.1, 0.15) is 5.69 Å². The summed E-state index contributed by atoms with van der Waals surface area (Å²) in [6, 6.07) is 7.82. The summed E-state index contributed by atoms with van der Waals surface area (Å²) in [5.41, 5.74) is 10.3. The van der Waals surface area contributed by atoms with Gasteiger partial charge in [-0.05, 0) is 37.0 Å². The number of nitrogens with zero attached hydrogens (tertiary/aromatic N) is 4. The molecule has 7 nitrogen and oxygen atoms in total. The molecule has 3 N–H and O–H groups in total. The van der Waals surface area contributed by atoms with Crippen molar-refractivity contribution in [3.8, 4) is 11.5 Å². The van der Waals surface area contributed by atoms with E-state index in [1.54, 1.807) is 6.20 Å². The first-order chi connectivity index (χ1) is 13.7. The second-order valence-corrected chi connectivity index (χ2v) is 7.48. The Bertz CT molecular complexity index is 1050. The molecule has 1 saturated carbocycles. The van der Waals surface area contributed by atoms with Gasteiger partial charge in [-0.3, -0.25) is 4.79 Å². The molecule has 1 amide bonds. The van der Waals surface area contributed by atoms with Crippen molar-refractivity contribution < 1.29 is 4.79 Å². The number of para-hydroxylation sites is 2. The van der Waals surface area contributed by atoms with Crippen LogP contribution in [0.1, 0.15) is 31.4 Å². The van der Waals surface area contributed by atoms with Crippen LogP contribution in [0.2, 0.25) is 0 Å². The maximum atomic E-state index is 12.4. The lowest BCUT2D eigenvalue weighted by Gasteiger charge is -2.33. The molecule has 1 fully saturated rings. The Labute approximate surface area is 162 Å². The van der Waals surface area contributed by atoms with Crippen LogP contribution in [0.5, 0.6) is 0 Å². The Morgan fingerprint density at radius 1 is 1.21 bits per heavy atom. The fourth-order valence-corrected chi connectivity index (χ4v) is 3.81. The van der Waals surface area contributed by atoms with Gasteiger partial charge in [-0.25, -0.2) is 15.0 Å². The quantitative estimate of drug-likeness (QED) is 0.734. The summed E-state index contributed by atoms with van der Waals surface area (Å²) in [5.74, 6) is 1.51. The Balaban J connectivity index is 1.41. The lowest BCUT2D eigenvalue weighted by atomic mass is 9.84. The minimum Gasteiger partial charge on any atom is -0.382 e. The van der Waals surface area contributed by atoms with Crippen LogP contribution < -0.4 is 5.73 Å². The molecule has 0 radical (unpaired) electrons. The lowest BCUT2D eigenvalue weighted by Crippen LogP contribution is -2.41. The molecule has 3 heterocycles. The molecule has 2 aromatic heterocycles. The number of nitrogen functional groups attached to an aromatic ring is 1. The first kappa shape index (κ1) is 16.9. The average Bonchev–Trinajstić information content (AvgIpc) is 3.11. The van der Waals surface area contributed by atoms with E-state index < -0.39 is 0 Å². The summed E-state index contributed by atoms with van der Waals surface area (Å²) >= 11 is 0. The van der Waals surface area contributed by atoms with Crippen LogP contribution in [0, 0.1) is 5.92 Å². The van der Waals surface area contributed by atoms with Crippen molar-refractivity contribution in [2.45, 2.75) is 25.7 Å². The molecule has 0 bridgehead atoms. The zero-order valence-electron chi connectivity index (χ0n) is 15.6. The number of rotatable bonds is 3. The molecule has 1 aromatic carbocycles. The van der Waals surface area contributed by atoms with E-state index >= 15 is 0 Å². The van der Waals surface area contributed by atoms with E-state index in [1.165, 1.54) is 6.42 Å². The Hall–Kier alpha value is -3.22. The van der Waals surface area contributed by atoms with Crippen LogP contribution in [0.3, 0.4) is 0 Å². The first-order valence-electron chi connectivity index (χ1n) is 9.75. The number of aromatic nitrogens is 4. The highest BCUT2D eigenvalue weighted by molar-refractivity contribution is 5.82. The predicted octanol–water partition coefficient (Wildman–Crippen LogP) is 3.02. The molecule has 1 aliphatic carbocycles. The fraction of sp³-hybridized carbons (Fsp3) is 0.333. The van der Waals surface area contributed by atoms with E-state index in [2.05, 4.69) is 21.0 Å². The van der Waals surface area contributed by atoms with Crippen LogP contribution in [-0.4, -0.2) is 43.8 Å². The van der Waals surface area contributed by atoms with Crippen molar-refractivity contribution in [3.05, 3.63) is 42.2 Å². The third kappa shape index (κ3) is 2.93. The van der Waals surface area contributed by atoms with Gasteiger partial charge in [-0.15, -0.1) is 0 Å². The number of hydrogen-bond acceptors (Lipinski definition) is 5. The number of carbonyl (C=O) groups excluding carboxylic acids is 1. The van der Waals surface area contributed by atoms with Gasteiger partial charge in [-0.2, -0.15) is 0 Å². The van der Waals surface area contributed by atoms with Crippen molar-refractivity contribution in [1.82, 2.24) is 24.8 Å². The number of carbonyl (C=O) groups is 1. The van der Waals surface area contributed by atoms with Crippen molar-refractivity contribution in [2.24, 2.45) is 5.92 Å². The molecule has 3 aromatic rings. The third-order valence-corrected chi connectivity index (χ3v) is 5.72. The van der Waals surface area contributed by atoms with E-state index in [9.17, 15) is 4.79 Å². The smallest absolute Gasteiger partial charge is 0.225 e. The normalized spacial score (nSPS) is 17.4. The minimum absolute atomic E-state index is 0.242. The van der Waals surface area contributed by atoms with E-state index in [0.29, 0.717) is 29.8 Å². The predicted molar refractivity (Wildman–Crippen MR) is 108 cm³/mol. The largest absolute Gasteiger partial charge is 0.382 e. The van der Waals surface area contributed by atoms with Gasteiger partial charge in [0.05, 0.1) is 22.9 Å². The van der Waals surface area contributed by atoms with Gasteiger partial charge >= 0.3 is 0 Å². The van der Waals surface area contributed by atoms with Crippen LogP contribution >= 0.6 is 0 Å². The summed E-state index contributed by atoms with van der Waals surface area (Å²) in [4.78, 5) is 31.3.